The average Bonchev–Trinajstić information content (AvgIpc) is 3.16. The zero-order chi connectivity index (χ0) is 20.8. The van der Waals surface area contributed by atoms with Crippen LogP contribution in [0.1, 0.15) is 24.9 Å². The van der Waals surface area contributed by atoms with E-state index in [0.29, 0.717) is 5.69 Å². The molecule has 1 heterocycles. The lowest BCUT2D eigenvalue weighted by atomic mass is 10.2. The molecule has 7 heteroatoms. The maximum Gasteiger partial charge on any atom is 0.326 e. The number of likely N-dealkylation sites (N-methyl/N-ethyl adjacent to an activating group) is 1. The monoisotopic (exact) mass is 411 g/mol. The van der Waals surface area contributed by atoms with E-state index in [1.807, 2.05) is 73.5 Å². The molecule has 1 atom stereocenters. The third-order valence-corrected chi connectivity index (χ3v) is 5.88. The number of benzene rings is 2. The summed E-state index contributed by atoms with van der Waals surface area (Å²) in [6.45, 7) is 4.11. The molecule has 0 bridgehead atoms. The number of carbonyl (C=O) groups excluding carboxylic acids is 2. The van der Waals surface area contributed by atoms with Crippen molar-refractivity contribution in [1.29, 1.82) is 0 Å². The Balaban J connectivity index is 1.74. The summed E-state index contributed by atoms with van der Waals surface area (Å²) in [7, 11) is 1.89. The lowest BCUT2D eigenvalue weighted by molar-refractivity contribution is -0.142. The summed E-state index contributed by atoms with van der Waals surface area (Å²) >= 11 is 1.63. The normalized spacial score (nSPS) is 12.1. The van der Waals surface area contributed by atoms with Gasteiger partial charge in [0.05, 0.1) is 29.4 Å². The van der Waals surface area contributed by atoms with Crippen molar-refractivity contribution in [3.8, 4) is 0 Å². The Kier molecular flexibility index (Phi) is 6.95. The van der Waals surface area contributed by atoms with Crippen LogP contribution in [0.2, 0.25) is 0 Å². The molecule has 1 unspecified atom stereocenters. The number of amides is 1. The Labute approximate surface area is 174 Å². The van der Waals surface area contributed by atoms with E-state index in [2.05, 4.69) is 0 Å². The van der Waals surface area contributed by atoms with Crippen LogP contribution in [0.25, 0.3) is 10.2 Å². The molecule has 1 amide bonds. The Morgan fingerprint density at radius 3 is 2.45 bits per heavy atom. The van der Waals surface area contributed by atoms with Gasteiger partial charge in [-0.15, -0.1) is 11.3 Å². The van der Waals surface area contributed by atoms with Crippen LogP contribution in [-0.2, 0) is 14.3 Å². The van der Waals surface area contributed by atoms with Crippen molar-refractivity contribution >= 4 is 39.1 Å². The predicted molar refractivity (Wildman–Crippen MR) is 116 cm³/mol. The fourth-order valence-corrected chi connectivity index (χ4v) is 4.04. The van der Waals surface area contributed by atoms with Gasteiger partial charge in [0.25, 0.3) is 0 Å². The molecule has 29 heavy (non-hydrogen) atoms. The van der Waals surface area contributed by atoms with E-state index >= 15 is 0 Å². The van der Waals surface area contributed by atoms with E-state index in [1.165, 1.54) is 4.90 Å². The van der Waals surface area contributed by atoms with E-state index in [9.17, 15) is 9.59 Å². The Bertz CT molecular complexity index is 941. The zero-order valence-corrected chi connectivity index (χ0v) is 17.7. The molecule has 6 nitrogen and oxygen atoms in total. The van der Waals surface area contributed by atoms with Gasteiger partial charge in [-0.1, -0.05) is 30.3 Å². The molecule has 0 saturated heterocycles. The van der Waals surface area contributed by atoms with Gasteiger partial charge in [-0.05, 0) is 45.2 Å². The average molecular weight is 412 g/mol. The highest BCUT2D eigenvalue weighted by atomic mass is 32.1. The second-order valence-corrected chi connectivity index (χ2v) is 7.79. The Morgan fingerprint density at radius 2 is 1.76 bits per heavy atom. The lowest BCUT2D eigenvalue weighted by Gasteiger charge is -2.27. The van der Waals surface area contributed by atoms with Gasteiger partial charge >= 0.3 is 5.97 Å². The van der Waals surface area contributed by atoms with Crippen LogP contribution in [0.15, 0.2) is 54.6 Å². The number of ether oxygens (including phenoxy) is 1. The van der Waals surface area contributed by atoms with Gasteiger partial charge in [0.15, 0.2) is 0 Å². The quantitative estimate of drug-likeness (QED) is 0.526. The van der Waals surface area contributed by atoms with Crippen LogP contribution in [-0.4, -0.2) is 48.5 Å². The first-order valence-electron chi connectivity index (χ1n) is 9.56. The summed E-state index contributed by atoms with van der Waals surface area (Å²) in [5, 5.41) is 0.957. The second kappa shape index (κ2) is 9.62. The zero-order valence-electron chi connectivity index (χ0n) is 16.9. The standard InChI is InChI=1S/C22H25N3O3S/c1-4-28-21(27)15-25(17-10-6-5-7-11-17)20(26)14-24(3)16(2)22-23-18-12-8-9-13-19(18)29-22/h5-13,16H,4,14-15H2,1-3H3. The van der Waals surface area contributed by atoms with E-state index in [4.69, 9.17) is 9.72 Å². The second-order valence-electron chi connectivity index (χ2n) is 6.73. The van der Waals surface area contributed by atoms with Gasteiger partial charge in [-0.3, -0.25) is 14.5 Å². The third-order valence-electron chi connectivity index (χ3n) is 4.68. The number of para-hydroxylation sites is 2. The first-order chi connectivity index (χ1) is 14.0. The summed E-state index contributed by atoms with van der Waals surface area (Å²) in [5.41, 5.74) is 1.64. The number of carbonyl (C=O) groups is 2. The molecule has 0 aliphatic carbocycles. The summed E-state index contributed by atoms with van der Waals surface area (Å²) in [6.07, 6.45) is 0. The molecule has 3 aromatic rings. The van der Waals surface area contributed by atoms with Crippen molar-refractivity contribution < 1.29 is 14.3 Å². The SMILES string of the molecule is CCOC(=O)CN(C(=O)CN(C)C(C)c1nc2ccccc2s1)c1ccccc1. The van der Waals surface area contributed by atoms with E-state index in [0.717, 1.165) is 15.2 Å². The van der Waals surface area contributed by atoms with Gasteiger partial charge in [0.2, 0.25) is 5.91 Å². The van der Waals surface area contributed by atoms with E-state index in [1.54, 1.807) is 18.3 Å². The van der Waals surface area contributed by atoms with Crippen molar-refractivity contribution in [1.82, 2.24) is 9.88 Å². The maximum absolute atomic E-state index is 13.1. The van der Waals surface area contributed by atoms with Crippen LogP contribution in [0, 0.1) is 0 Å². The minimum absolute atomic E-state index is 0.0310. The summed E-state index contributed by atoms with van der Waals surface area (Å²) < 4.78 is 6.17. The molecule has 0 radical (unpaired) electrons. The molecule has 2 aromatic carbocycles. The molecule has 0 spiro atoms. The van der Waals surface area contributed by atoms with Gasteiger partial charge in [-0.25, -0.2) is 4.98 Å². The number of nitrogens with zero attached hydrogens (tertiary/aromatic N) is 3. The highest BCUT2D eigenvalue weighted by Gasteiger charge is 2.24. The largest absolute Gasteiger partial charge is 0.465 e. The van der Waals surface area contributed by atoms with Crippen molar-refractivity contribution in [2.24, 2.45) is 0 Å². The lowest BCUT2D eigenvalue weighted by Crippen LogP contribution is -2.42. The molecule has 0 aliphatic heterocycles. The molecule has 0 aliphatic rings. The van der Waals surface area contributed by atoms with Crippen LogP contribution in [0.5, 0.6) is 0 Å². The van der Waals surface area contributed by atoms with Gasteiger partial charge < -0.3 is 9.64 Å². The summed E-state index contributed by atoms with van der Waals surface area (Å²) in [4.78, 5) is 33.2. The van der Waals surface area contributed by atoms with Crippen molar-refractivity contribution in [3.05, 3.63) is 59.6 Å². The molecule has 0 N–H and O–H groups in total. The first-order valence-corrected chi connectivity index (χ1v) is 10.4. The predicted octanol–water partition coefficient (Wildman–Crippen LogP) is 3.89. The Morgan fingerprint density at radius 1 is 1.07 bits per heavy atom. The fraction of sp³-hybridized carbons (Fsp3) is 0.318. The number of esters is 1. The number of anilines is 1. The van der Waals surface area contributed by atoms with Crippen molar-refractivity contribution in [3.63, 3.8) is 0 Å². The molecule has 152 valence electrons. The topological polar surface area (TPSA) is 62.7 Å². The molecule has 0 fully saturated rings. The van der Waals surface area contributed by atoms with E-state index in [-0.39, 0.29) is 31.6 Å². The number of hydrogen-bond acceptors (Lipinski definition) is 6. The highest BCUT2D eigenvalue weighted by molar-refractivity contribution is 7.18. The van der Waals surface area contributed by atoms with E-state index < -0.39 is 5.97 Å². The number of hydrogen-bond donors (Lipinski definition) is 0. The van der Waals surface area contributed by atoms with Crippen LogP contribution >= 0.6 is 11.3 Å². The molecule has 0 saturated carbocycles. The van der Waals surface area contributed by atoms with Gasteiger partial charge in [0.1, 0.15) is 11.6 Å². The van der Waals surface area contributed by atoms with Crippen molar-refractivity contribution in [2.75, 3.05) is 31.6 Å². The molecular weight excluding hydrogens is 386 g/mol. The number of fused-ring (bicyclic) bond motifs is 1. The third kappa shape index (κ3) is 5.19. The highest BCUT2D eigenvalue weighted by Crippen LogP contribution is 2.28. The van der Waals surface area contributed by atoms with Gasteiger partial charge in [-0.2, -0.15) is 0 Å². The summed E-state index contributed by atoms with van der Waals surface area (Å²) in [5.74, 6) is -0.591. The van der Waals surface area contributed by atoms with Crippen molar-refractivity contribution in [2.45, 2.75) is 19.9 Å². The molecular formula is C22H25N3O3S. The van der Waals surface area contributed by atoms with Crippen LogP contribution in [0.4, 0.5) is 5.69 Å². The first kappa shape index (κ1) is 21.0. The minimum Gasteiger partial charge on any atom is -0.465 e. The molecule has 1 aromatic heterocycles. The Hall–Kier alpha value is -2.77. The molecule has 3 rings (SSSR count). The maximum atomic E-state index is 13.1. The number of rotatable bonds is 8. The number of aromatic nitrogens is 1. The smallest absolute Gasteiger partial charge is 0.326 e. The fourth-order valence-electron chi connectivity index (χ4n) is 2.96. The number of thiazole rings is 1. The van der Waals surface area contributed by atoms with Crippen LogP contribution < -0.4 is 4.90 Å². The summed E-state index contributed by atoms with van der Waals surface area (Å²) in [6, 6.07) is 17.2. The van der Waals surface area contributed by atoms with Gasteiger partial charge in [0, 0.05) is 5.69 Å². The minimum atomic E-state index is -0.424. The van der Waals surface area contributed by atoms with Crippen LogP contribution in [0.3, 0.4) is 0 Å².